The van der Waals surface area contributed by atoms with Crippen LogP contribution in [0.5, 0.6) is 0 Å². The normalized spacial score (nSPS) is 9.80. The van der Waals surface area contributed by atoms with E-state index in [1.807, 2.05) is 0 Å². The molecule has 0 saturated heterocycles. The zero-order valence-electron chi connectivity index (χ0n) is 10.4. The number of carbonyl (C=O) groups is 2. The lowest BCUT2D eigenvalue weighted by atomic mass is 10.3. The predicted molar refractivity (Wildman–Crippen MR) is 71.8 cm³/mol. The fraction of sp³-hybridized carbons (Fsp3) is 0.0769. The van der Waals surface area contributed by atoms with Gasteiger partial charge in [0, 0.05) is 37.4 Å². The Labute approximate surface area is 114 Å². The highest BCUT2D eigenvalue weighted by Crippen LogP contribution is 1.97. The Balaban J connectivity index is 1.91. The summed E-state index contributed by atoms with van der Waals surface area (Å²) in [6.45, 7) is 0.208. The molecule has 0 spiro atoms. The second kappa shape index (κ2) is 6.28. The Bertz CT molecular complexity index is 667. The molecule has 0 radical (unpaired) electrons. The third kappa shape index (κ3) is 3.52. The maximum atomic E-state index is 11.6. The third-order valence-electron chi connectivity index (χ3n) is 2.48. The van der Waals surface area contributed by atoms with Gasteiger partial charge in [-0.05, 0) is 17.7 Å². The maximum absolute atomic E-state index is 11.6. The van der Waals surface area contributed by atoms with Crippen LogP contribution in [0.15, 0.2) is 47.8 Å². The molecule has 0 aliphatic carbocycles. The minimum absolute atomic E-state index is 0.0246. The highest BCUT2D eigenvalue weighted by atomic mass is 16.2. The zero-order chi connectivity index (χ0) is 14.4. The first-order valence-corrected chi connectivity index (χ1v) is 5.82. The van der Waals surface area contributed by atoms with Crippen molar-refractivity contribution in [3.8, 4) is 0 Å². The van der Waals surface area contributed by atoms with Crippen LogP contribution in [0.2, 0.25) is 0 Å². The van der Waals surface area contributed by atoms with E-state index in [9.17, 15) is 14.4 Å². The highest BCUT2D eigenvalue weighted by molar-refractivity contribution is 6.39. The SMILES string of the molecule is O=C(NCc1ccncc1)C(=O)Nc1c[nH]ccc1=O. The molecule has 2 heterocycles. The average molecular weight is 272 g/mol. The molecule has 0 aliphatic heterocycles. The van der Waals surface area contributed by atoms with E-state index in [4.69, 9.17) is 0 Å². The van der Waals surface area contributed by atoms with Crippen LogP contribution in [-0.2, 0) is 16.1 Å². The monoisotopic (exact) mass is 272 g/mol. The smallest absolute Gasteiger partial charge is 0.313 e. The van der Waals surface area contributed by atoms with Crippen molar-refractivity contribution in [3.05, 3.63) is 58.8 Å². The molecule has 0 aliphatic rings. The molecule has 0 fully saturated rings. The first kappa shape index (κ1) is 13.5. The summed E-state index contributed by atoms with van der Waals surface area (Å²) >= 11 is 0. The van der Waals surface area contributed by atoms with Crippen LogP contribution in [0.25, 0.3) is 0 Å². The topological polar surface area (TPSA) is 104 Å². The van der Waals surface area contributed by atoms with Crippen LogP contribution in [0.4, 0.5) is 5.69 Å². The number of nitrogens with one attached hydrogen (secondary N) is 3. The Morgan fingerprint density at radius 2 is 1.90 bits per heavy atom. The van der Waals surface area contributed by atoms with Gasteiger partial charge in [0.2, 0.25) is 5.43 Å². The van der Waals surface area contributed by atoms with Crippen molar-refractivity contribution < 1.29 is 9.59 Å². The van der Waals surface area contributed by atoms with Crippen molar-refractivity contribution in [1.82, 2.24) is 15.3 Å². The van der Waals surface area contributed by atoms with Crippen LogP contribution in [0, 0.1) is 0 Å². The lowest BCUT2D eigenvalue weighted by Crippen LogP contribution is -2.36. The van der Waals surface area contributed by atoms with Crippen molar-refractivity contribution in [2.24, 2.45) is 0 Å². The molecule has 0 atom stereocenters. The molecule has 3 N–H and O–H groups in total. The minimum atomic E-state index is -0.893. The van der Waals surface area contributed by atoms with Gasteiger partial charge >= 0.3 is 11.8 Å². The first-order chi connectivity index (χ1) is 9.66. The first-order valence-electron chi connectivity index (χ1n) is 5.82. The van der Waals surface area contributed by atoms with E-state index >= 15 is 0 Å². The molecule has 0 bridgehead atoms. The van der Waals surface area contributed by atoms with Gasteiger partial charge in [-0.15, -0.1) is 0 Å². The van der Waals surface area contributed by atoms with Gasteiger partial charge < -0.3 is 15.6 Å². The predicted octanol–water partition coefficient (Wildman–Crippen LogP) is 0.0248. The standard InChI is InChI=1S/C13H12N4O3/c18-11-3-6-15-8-10(11)17-13(20)12(19)16-7-9-1-4-14-5-2-9/h1-6,8H,7H2,(H,15,18)(H,16,19)(H,17,20). The van der Waals surface area contributed by atoms with E-state index in [1.165, 1.54) is 18.5 Å². The molecule has 2 amide bonds. The van der Waals surface area contributed by atoms with Gasteiger partial charge in [0.1, 0.15) is 5.69 Å². The lowest BCUT2D eigenvalue weighted by molar-refractivity contribution is -0.136. The lowest BCUT2D eigenvalue weighted by Gasteiger charge is -2.05. The fourth-order valence-corrected chi connectivity index (χ4v) is 1.46. The number of rotatable bonds is 3. The van der Waals surface area contributed by atoms with Gasteiger partial charge in [-0.25, -0.2) is 0 Å². The Morgan fingerprint density at radius 3 is 2.60 bits per heavy atom. The third-order valence-corrected chi connectivity index (χ3v) is 2.48. The summed E-state index contributed by atoms with van der Waals surface area (Å²) in [6, 6.07) is 4.70. The average Bonchev–Trinajstić information content (AvgIpc) is 2.48. The summed E-state index contributed by atoms with van der Waals surface area (Å²) in [5, 5.41) is 4.69. The number of nitrogens with zero attached hydrogens (tertiary/aromatic N) is 1. The van der Waals surface area contributed by atoms with Gasteiger partial charge in [0.15, 0.2) is 0 Å². The molecule has 7 nitrogen and oxygen atoms in total. The summed E-state index contributed by atoms with van der Waals surface area (Å²) in [4.78, 5) is 41.1. The number of amides is 2. The van der Waals surface area contributed by atoms with Crippen molar-refractivity contribution in [2.45, 2.75) is 6.54 Å². The largest absolute Gasteiger partial charge is 0.366 e. The van der Waals surface area contributed by atoms with Gasteiger partial charge in [0.05, 0.1) is 0 Å². The second-order valence-corrected chi connectivity index (χ2v) is 3.91. The van der Waals surface area contributed by atoms with E-state index < -0.39 is 11.8 Å². The summed E-state index contributed by atoms with van der Waals surface area (Å²) in [5.74, 6) is -1.71. The number of anilines is 1. The second-order valence-electron chi connectivity index (χ2n) is 3.91. The number of H-pyrrole nitrogens is 1. The molecule has 102 valence electrons. The van der Waals surface area contributed by atoms with Gasteiger partial charge in [-0.2, -0.15) is 0 Å². The number of aromatic nitrogens is 2. The molecule has 2 aromatic heterocycles. The molecule has 7 heteroatoms. The number of pyridine rings is 2. The quantitative estimate of drug-likeness (QED) is 0.685. The molecule has 0 saturated carbocycles. The number of carbonyl (C=O) groups excluding carboxylic acids is 2. The Hall–Kier alpha value is -2.96. The van der Waals surface area contributed by atoms with Crippen LogP contribution in [-0.4, -0.2) is 21.8 Å². The maximum Gasteiger partial charge on any atom is 0.313 e. The van der Waals surface area contributed by atoms with E-state index in [-0.39, 0.29) is 17.7 Å². The van der Waals surface area contributed by atoms with Crippen LogP contribution in [0.1, 0.15) is 5.56 Å². The molecular formula is C13H12N4O3. The number of aromatic amines is 1. The fourth-order valence-electron chi connectivity index (χ4n) is 1.46. The van der Waals surface area contributed by atoms with Crippen LogP contribution in [0.3, 0.4) is 0 Å². The van der Waals surface area contributed by atoms with Gasteiger partial charge in [-0.3, -0.25) is 19.4 Å². The Morgan fingerprint density at radius 1 is 1.15 bits per heavy atom. The van der Waals surface area contributed by atoms with E-state index in [0.29, 0.717) is 0 Å². The van der Waals surface area contributed by atoms with Crippen molar-refractivity contribution >= 4 is 17.5 Å². The zero-order valence-corrected chi connectivity index (χ0v) is 10.4. The number of hydrogen-bond donors (Lipinski definition) is 3. The summed E-state index contributed by atoms with van der Waals surface area (Å²) < 4.78 is 0. The van der Waals surface area contributed by atoms with Crippen LogP contribution < -0.4 is 16.1 Å². The van der Waals surface area contributed by atoms with Gasteiger partial charge in [0.25, 0.3) is 0 Å². The van der Waals surface area contributed by atoms with Crippen molar-refractivity contribution in [2.75, 3.05) is 5.32 Å². The van der Waals surface area contributed by atoms with E-state index in [2.05, 4.69) is 20.6 Å². The molecule has 2 aromatic rings. The highest BCUT2D eigenvalue weighted by Gasteiger charge is 2.14. The minimum Gasteiger partial charge on any atom is -0.366 e. The summed E-state index contributed by atoms with van der Waals surface area (Å²) in [7, 11) is 0. The molecule has 0 unspecified atom stereocenters. The molecule has 0 aromatic carbocycles. The Kier molecular flexibility index (Phi) is 4.23. The van der Waals surface area contributed by atoms with Gasteiger partial charge in [-0.1, -0.05) is 0 Å². The van der Waals surface area contributed by atoms with Crippen molar-refractivity contribution in [3.63, 3.8) is 0 Å². The summed E-state index contributed by atoms with van der Waals surface area (Å²) in [5.41, 5.74) is 0.467. The molecular weight excluding hydrogens is 260 g/mol. The molecule has 20 heavy (non-hydrogen) atoms. The molecule has 2 rings (SSSR count). The number of hydrogen-bond acceptors (Lipinski definition) is 4. The van der Waals surface area contributed by atoms with Crippen LogP contribution >= 0.6 is 0 Å². The summed E-state index contributed by atoms with van der Waals surface area (Å²) in [6.07, 6.45) is 5.92. The van der Waals surface area contributed by atoms with E-state index in [1.54, 1.807) is 24.5 Å². The van der Waals surface area contributed by atoms with E-state index in [0.717, 1.165) is 5.56 Å². The van der Waals surface area contributed by atoms with Crippen molar-refractivity contribution in [1.29, 1.82) is 0 Å².